The van der Waals surface area contributed by atoms with Crippen LogP contribution in [0.25, 0.3) is 11.4 Å². The molecule has 1 amide bonds. The normalized spacial score (nSPS) is 14.9. The van der Waals surface area contributed by atoms with Gasteiger partial charge in [-0.2, -0.15) is 5.10 Å². The topological polar surface area (TPSA) is 78.0 Å². The molecule has 0 spiro atoms. The van der Waals surface area contributed by atoms with Gasteiger partial charge >= 0.3 is 0 Å². The average molecular weight is 362 g/mol. The van der Waals surface area contributed by atoms with Gasteiger partial charge in [-0.25, -0.2) is 4.98 Å². The number of aryl methyl sites for hydroxylation is 1. The Labute approximate surface area is 158 Å². The summed E-state index contributed by atoms with van der Waals surface area (Å²) < 4.78 is 0. The van der Waals surface area contributed by atoms with Gasteiger partial charge < -0.3 is 9.80 Å². The highest BCUT2D eigenvalue weighted by Gasteiger charge is 2.23. The van der Waals surface area contributed by atoms with Gasteiger partial charge in [0.1, 0.15) is 6.33 Å². The molecule has 4 rings (SSSR count). The number of pyridine rings is 1. The van der Waals surface area contributed by atoms with Crippen LogP contribution in [0.5, 0.6) is 0 Å². The summed E-state index contributed by atoms with van der Waals surface area (Å²) in [6, 6.07) is 11.7. The number of nitrogens with one attached hydrogen (secondary N) is 1. The fourth-order valence-corrected chi connectivity index (χ4v) is 3.49. The molecule has 0 radical (unpaired) electrons. The molecular formula is C20H22N6O. The first-order valence-electron chi connectivity index (χ1n) is 9.14. The van der Waals surface area contributed by atoms with E-state index in [0.29, 0.717) is 17.9 Å². The summed E-state index contributed by atoms with van der Waals surface area (Å²) in [6.07, 6.45) is 4.22. The number of hydrogen-bond acceptors (Lipinski definition) is 5. The molecule has 7 heteroatoms. The van der Waals surface area contributed by atoms with Gasteiger partial charge in [0.05, 0.1) is 5.56 Å². The molecule has 0 saturated carbocycles. The van der Waals surface area contributed by atoms with Crippen molar-refractivity contribution in [3.63, 3.8) is 0 Å². The first kappa shape index (κ1) is 17.2. The molecule has 0 unspecified atom stereocenters. The van der Waals surface area contributed by atoms with E-state index in [1.807, 2.05) is 48.4 Å². The minimum Gasteiger partial charge on any atom is -0.370 e. The van der Waals surface area contributed by atoms with Gasteiger partial charge in [-0.15, -0.1) is 0 Å². The second-order valence-electron chi connectivity index (χ2n) is 6.67. The molecule has 0 atom stereocenters. The van der Waals surface area contributed by atoms with E-state index in [9.17, 15) is 4.79 Å². The number of nitrogens with zero attached hydrogens (tertiary/aromatic N) is 5. The quantitative estimate of drug-likeness (QED) is 0.775. The van der Waals surface area contributed by atoms with Gasteiger partial charge in [-0.1, -0.05) is 18.2 Å². The molecule has 3 heterocycles. The number of carbonyl (C=O) groups excluding carboxylic acids is 1. The standard InChI is InChI=1S/C20H22N6O/c1-15-13-16(7-8-21-15)25-9-4-10-26(12-11-25)20(27)18-6-3-2-5-17(18)19-22-14-23-24-19/h2-3,5-8,13-14H,4,9-12H2,1H3,(H,22,23,24). The lowest BCUT2D eigenvalue weighted by atomic mass is 10.1. The van der Waals surface area contributed by atoms with E-state index >= 15 is 0 Å². The molecule has 1 N–H and O–H groups in total. The summed E-state index contributed by atoms with van der Waals surface area (Å²) in [4.78, 5) is 25.9. The maximum atomic E-state index is 13.2. The lowest BCUT2D eigenvalue weighted by Crippen LogP contribution is -2.35. The third kappa shape index (κ3) is 3.67. The molecule has 1 aliphatic rings. The number of carbonyl (C=O) groups is 1. The molecule has 0 bridgehead atoms. The van der Waals surface area contributed by atoms with E-state index in [4.69, 9.17) is 0 Å². The molecule has 1 aromatic carbocycles. The van der Waals surface area contributed by atoms with Crippen molar-refractivity contribution < 1.29 is 4.79 Å². The largest absolute Gasteiger partial charge is 0.370 e. The summed E-state index contributed by atoms with van der Waals surface area (Å²) >= 11 is 0. The molecule has 0 aliphatic carbocycles. The Morgan fingerprint density at radius 2 is 1.96 bits per heavy atom. The van der Waals surface area contributed by atoms with Gasteiger partial charge in [0, 0.05) is 49.3 Å². The third-order valence-electron chi connectivity index (χ3n) is 4.86. The lowest BCUT2D eigenvalue weighted by molar-refractivity contribution is 0.0767. The van der Waals surface area contributed by atoms with Crippen LogP contribution in [0.1, 0.15) is 22.5 Å². The smallest absolute Gasteiger partial charge is 0.254 e. The van der Waals surface area contributed by atoms with Crippen LogP contribution in [-0.2, 0) is 0 Å². The Bertz CT molecular complexity index is 924. The number of amides is 1. The van der Waals surface area contributed by atoms with Crippen LogP contribution in [-0.4, -0.2) is 57.2 Å². The van der Waals surface area contributed by atoms with Crippen molar-refractivity contribution in [2.45, 2.75) is 13.3 Å². The molecule has 7 nitrogen and oxygen atoms in total. The summed E-state index contributed by atoms with van der Waals surface area (Å²) in [5, 5.41) is 6.76. The number of benzene rings is 1. The zero-order valence-electron chi connectivity index (χ0n) is 15.3. The maximum absolute atomic E-state index is 13.2. The van der Waals surface area contributed by atoms with Crippen LogP contribution in [0.4, 0.5) is 5.69 Å². The van der Waals surface area contributed by atoms with Crippen LogP contribution >= 0.6 is 0 Å². The molecular weight excluding hydrogens is 340 g/mol. The van der Waals surface area contributed by atoms with Crippen LogP contribution in [0.15, 0.2) is 48.9 Å². The second-order valence-corrected chi connectivity index (χ2v) is 6.67. The Morgan fingerprint density at radius 1 is 1.07 bits per heavy atom. The summed E-state index contributed by atoms with van der Waals surface area (Å²) in [5.41, 5.74) is 3.61. The number of aromatic nitrogens is 4. The molecule has 3 aromatic rings. The molecule has 138 valence electrons. The van der Waals surface area contributed by atoms with Gasteiger partial charge in [0.2, 0.25) is 0 Å². The molecule has 1 fully saturated rings. The Morgan fingerprint density at radius 3 is 2.78 bits per heavy atom. The van der Waals surface area contributed by atoms with E-state index in [0.717, 1.165) is 37.3 Å². The monoisotopic (exact) mass is 362 g/mol. The van der Waals surface area contributed by atoms with Crippen LogP contribution < -0.4 is 4.90 Å². The van der Waals surface area contributed by atoms with Crippen LogP contribution in [0, 0.1) is 6.92 Å². The predicted octanol–water partition coefficient (Wildman–Crippen LogP) is 2.53. The second kappa shape index (κ2) is 7.57. The van der Waals surface area contributed by atoms with Gasteiger partial charge in [-0.3, -0.25) is 14.9 Å². The Balaban J connectivity index is 1.53. The van der Waals surface area contributed by atoms with Crippen molar-refractivity contribution in [2.75, 3.05) is 31.1 Å². The SMILES string of the molecule is Cc1cc(N2CCCN(C(=O)c3ccccc3-c3ncn[nH]3)CC2)ccn1. The van der Waals surface area contributed by atoms with Crippen molar-refractivity contribution >= 4 is 11.6 Å². The van der Waals surface area contributed by atoms with E-state index in [1.54, 1.807) is 0 Å². The first-order valence-corrected chi connectivity index (χ1v) is 9.14. The summed E-state index contributed by atoms with van der Waals surface area (Å²) in [6.45, 7) is 5.16. The molecule has 2 aromatic heterocycles. The van der Waals surface area contributed by atoms with Crippen LogP contribution in [0.2, 0.25) is 0 Å². The van der Waals surface area contributed by atoms with Crippen LogP contribution in [0.3, 0.4) is 0 Å². The highest BCUT2D eigenvalue weighted by Crippen LogP contribution is 2.22. The minimum atomic E-state index is 0.0368. The first-order chi connectivity index (χ1) is 13.2. The van der Waals surface area contributed by atoms with E-state index in [-0.39, 0.29) is 5.91 Å². The van der Waals surface area contributed by atoms with Gasteiger partial charge in [0.25, 0.3) is 5.91 Å². The number of hydrogen-bond donors (Lipinski definition) is 1. The molecule has 1 saturated heterocycles. The van der Waals surface area contributed by atoms with Crippen molar-refractivity contribution in [2.24, 2.45) is 0 Å². The number of H-pyrrole nitrogens is 1. The van der Waals surface area contributed by atoms with Crippen molar-refractivity contribution in [3.8, 4) is 11.4 Å². The van der Waals surface area contributed by atoms with E-state index in [2.05, 4.69) is 31.1 Å². The average Bonchev–Trinajstić information content (AvgIpc) is 3.12. The maximum Gasteiger partial charge on any atom is 0.254 e. The van der Waals surface area contributed by atoms with Gasteiger partial charge in [-0.05, 0) is 31.5 Å². The summed E-state index contributed by atoms with van der Waals surface area (Å²) in [5.74, 6) is 0.650. The lowest BCUT2D eigenvalue weighted by Gasteiger charge is -2.24. The molecule has 1 aliphatic heterocycles. The highest BCUT2D eigenvalue weighted by molar-refractivity contribution is 6.00. The zero-order chi connectivity index (χ0) is 18.6. The number of rotatable bonds is 3. The van der Waals surface area contributed by atoms with Crippen molar-refractivity contribution in [1.82, 2.24) is 25.1 Å². The minimum absolute atomic E-state index is 0.0368. The zero-order valence-corrected chi connectivity index (χ0v) is 15.3. The van der Waals surface area contributed by atoms with Crippen molar-refractivity contribution in [3.05, 3.63) is 60.2 Å². The Hall–Kier alpha value is -3.22. The predicted molar refractivity (Wildman–Crippen MR) is 104 cm³/mol. The fourth-order valence-electron chi connectivity index (χ4n) is 3.49. The van der Waals surface area contributed by atoms with Gasteiger partial charge in [0.15, 0.2) is 5.82 Å². The van der Waals surface area contributed by atoms with E-state index in [1.165, 1.54) is 12.0 Å². The highest BCUT2D eigenvalue weighted by atomic mass is 16.2. The molecule has 27 heavy (non-hydrogen) atoms. The van der Waals surface area contributed by atoms with Crippen molar-refractivity contribution in [1.29, 1.82) is 0 Å². The fraction of sp³-hybridized carbons (Fsp3) is 0.300. The van der Waals surface area contributed by atoms with E-state index < -0.39 is 0 Å². The third-order valence-corrected chi connectivity index (χ3v) is 4.86. The number of anilines is 1. The Kier molecular flexibility index (Phi) is 4.82. The summed E-state index contributed by atoms with van der Waals surface area (Å²) in [7, 11) is 0. The number of aromatic amines is 1.